The van der Waals surface area contributed by atoms with E-state index in [4.69, 9.17) is 4.74 Å². The summed E-state index contributed by atoms with van der Waals surface area (Å²) in [6.07, 6.45) is 3.72. The molecular weight excluding hydrogens is 397 g/mol. The van der Waals surface area contributed by atoms with Gasteiger partial charge in [0.15, 0.2) is 6.10 Å². The fourth-order valence-corrected chi connectivity index (χ4v) is 2.63. The molecule has 0 amide bonds. The number of quaternary nitrogens is 3. The minimum atomic E-state index is -0.0397. The number of likely N-dealkylation sites (N-methyl/N-ethyl adjacent to an activating group) is 2. The monoisotopic (exact) mass is 437 g/mol. The molecule has 0 spiro atoms. The van der Waals surface area contributed by atoms with Crippen LogP contribution in [0.4, 0.5) is 0 Å². The lowest BCUT2D eigenvalue weighted by Crippen LogP contribution is -3.00. The summed E-state index contributed by atoms with van der Waals surface area (Å²) in [5.74, 6) is -0.0397. The normalized spacial score (nSPS) is 11.9. The van der Waals surface area contributed by atoms with E-state index < -0.39 is 0 Å². The Kier molecular flexibility index (Phi) is 18.5. The maximum atomic E-state index is 12.1. The van der Waals surface area contributed by atoms with Gasteiger partial charge in [-0.3, -0.25) is 4.79 Å². The molecule has 0 aliphatic carbocycles. The molecule has 26 heavy (non-hydrogen) atoms. The second kappa shape index (κ2) is 14.3. The molecule has 0 aromatic rings. The molecule has 5 nitrogen and oxygen atoms in total. The number of carbonyl (C=O) groups is 1. The Hall–Kier alpha value is 0.220. The summed E-state index contributed by atoms with van der Waals surface area (Å²) < 4.78 is 8.38. The highest BCUT2D eigenvalue weighted by atomic mass is 35.5. The molecule has 0 saturated heterocycles. The topological polar surface area (TPSA) is 26.3 Å². The maximum absolute atomic E-state index is 12.1. The number of hydrogen-bond donors (Lipinski definition) is 0. The van der Waals surface area contributed by atoms with E-state index >= 15 is 0 Å². The van der Waals surface area contributed by atoms with Crippen LogP contribution in [0.1, 0.15) is 25.7 Å². The molecule has 0 rings (SSSR count). The third-order valence-corrected chi connectivity index (χ3v) is 3.51. The summed E-state index contributed by atoms with van der Waals surface area (Å²) >= 11 is 0. The lowest BCUT2D eigenvalue weighted by molar-refractivity contribution is -0.895. The molecule has 0 radical (unpaired) electrons. The zero-order chi connectivity index (χ0) is 18.3. The van der Waals surface area contributed by atoms with Gasteiger partial charge < -0.3 is 55.4 Å². The van der Waals surface area contributed by atoms with Crippen molar-refractivity contribution in [1.82, 2.24) is 0 Å². The van der Waals surface area contributed by atoms with E-state index in [1.54, 1.807) is 0 Å². The van der Waals surface area contributed by atoms with Crippen LogP contribution in [-0.2, 0) is 9.53 Å². The van der Waals surface area contributed by atoms with Crippen LogP contribution in [0.5, 0.6) is 0 Å². The molecule has 8 heteroatoms. The van der Waals surface area contributed by atoms with Gasteiger partial charge in [-0.15, -0.1) is 0 Å². The van der Waals surface area contributed by atoms with Gasteiger partial charge in [0.2, 0.25) is 0 Å². The first kappa shape index (κ1) is 33.8. The molecule has 0 aliphatic heterocycles. The van der Waals surface area contributed by atoms with Crippen molar-refractivity contribution in [2.24, 2.45) is 0 Å². The van der Waals surface area contributed by atoms with Crippen molar-refractivity contribution >= 4 is 5.97 Å². The predicted octanol–water partition coefficient (Wildman–Crippen LogP) is -7.41. The first-order valence-corrected chi connectivity index (χ1v) is 8.79. The fourth-order valence-electron chi connectivity index (χ4n) is 2.63. The van der Waals surface area contributed by atoms with Crippen LogP contribution >= 0.6 is 0 Å². The van der Waals surface area contributed by atoms with Gasteiger partial charge in [-0.2, -0.15) is 0 Å². The first-order valence-electron chi connectivity index (χ1n) is 8.79. The van der Waals surface area contributed by atoms with Gasteiger partial charge >= 0.3 is 5.97 Å². The number of ether oxygens (including phenoxy) is 1. The molecule has 0 saturated carbocycles. The van der Waals surface area contributed by atoms with Crippen LogP contribution < -0.4 is 37.2 Å². The minimum absolute atomic E-state index is 0. The second-order valence-corrected chi connectivity index (χ2v) is 9.88. The molecule has 0 bridgehead atoms. The molecule has 0 N–H and O–H groups in total. The Morgan fingerprint density at radius 1 is 0.692 bits per heavy atom. The Balaban J connectivity index is -0.000000807. The van der Waals surface area contributed by atoms with E-state index in [9.17, 15) is 4.79 Å². The average molecular weight is 439 g/mol. The Morgan fingerprint density at radius 3 is 1.46 bits per heavy atom. The number of carbonyl (C=O) groups excluding carboxylic acids is 1. The molecule has 0 aromatic heterocycles. The highest BCUT2D eigenvalue weighted by Crippen LogP contribution is 2.09. The third kappa shape index (κ3) is 24.2. The number of hydrogen-bond acceptors (Lipinski definition) is 2. The number of nitrogens with zero attached hydrogens (tertiary/aromatic N) is 3. The molecule has 0 unspecified atom stereocenters. The number of esters is 1. The summed E-state index contributed by atoms with van der Waals surface area (Å²) in [6, 6.07) is 0. The molecule has 162 valence electrons. The first-order chi connectivity index (χ1) is 10.2. The van der Waals surface area contributed by atoms with Gasteiger partial charge in [0.05, 0.1) is 70.0 Å². The van der Waals surface area contributed by atoms with E-state index in [0.717, 1.165) is 52.3 Å². The van der Waals surface area contributed by atoms with Gasteiger partial charge in [0, 0.05) is 6.42 Å². The van der Waals surface area contributed by atoms with Crippen molar-refractivity contribution in [3.63, 3.8) is 0 Å². The summed E-state index contributed by atoms with van der Waals surface area (Å²) in [5, 5.41) is 0. The van der Waals surface area contributed by atoms with Crippen LogP contribution in [0.3, 0.4) is 0 Å². The van der Waals surface area contributed by atoms with E-state index in [0.29, 0.717) is 6.42 Å². The van der Waals surface area contributed by atoms with Crippen molar-refractivity contribution < 1.29 is 60.2 Å². The van der Waals surface area contributed by atoms with Crippen molar-refractivity contribution in [3.05, 3.63) is 0 Å². The lowest BCUT2D eigenvalue weighted by atomic mass is 10.2. The van der Waals surface area contributed by atoms with Crippen molar-refractivity contribution in [2.75, 3.05) is 83.1 Å². The quantitative estimate of drug-likeness (QED) is 0.182. The van der Waals surface area contributed by atoms with Gasteiger partial charge in [-0.1, -0.05) is 0 Å². The van der Waals surface area contributed by atoms with Crippen molar-refractivity contribution in [3.8, 4) is 0 Å². The van der Waals surface area contributed by atoms with Gasteiger partial charge in [-0.05, 0) is 19.3 Å². The van der Waals surface area contributed by atoms with E-state index in [-0.39, 0.29) is 49.3 Å². The summed E-state index contributed by atoms with van der Waals surface area (Å²) in [5.41, 5.74) is 0. The fraction of sp³-hybridized carbons (Fsp3) is 0.944. The Bertz CT molecular complexity index is 346. The summed E-state index contributed by atoms with van der Waals surface area (Å²) in [7, 11) is 19.4. The lowest BCUT2D eigenvalue weighted by Gasteiger charge is -2.33. The largest absolute Gasteiger partial charge is 1.00 e. The van der Waals surface area contributed by atoms with Crippen molar-refractivity contribution in [1.29, 1.82) is 0 Å². The molecule has 0 atom stereocenters. The maximum Gasteiger partial charge on any atom is 0.306 e. The summed E-state index contributed by atoms with van der Waals surface area (Å²) in [6.45, 7) is 2.85. The van der Waals surface area contributed by atoms with E-state index in [2.05, 4.69) is 63.4 Å². The Morgan fingerprint density at radius 2 is 1.12 bits per heavy atom. The number of unbranched alkanes of at least 4 members (excludes halogenated alkanes) is 2. The average Bonchev–Trinajstić information content (AvgIpc) is 2.21. The highest BCUT2D eigenvalue weighted by molar-refractivity contribution is 5.69. The van der Waals surface area contributed by atoms with Gasteiger partial charge in [0.25, 0.3) is 0 Å². The molecule has 0 aromatic carbocycles. The van der Waals surface area contributed by atoms with Gasteiger partial charge in [-0.25, -0.2) is 0 Å². The number of halogens is 3. The van der Waals surface area contributed by atoms with Crippen LogP contribution in [0.15, 0.2) is 0 Å². The Labute approximate surface area is 181 Å². The third-order valence-electron chi connectivity index (χ3n) is 3.51. The van der Waals surface area contributed by atoms with Crippen LogP contribution in [-0.4, -0.2) is 109 Å². The predicted molar refractivity (Wildman–Crippen MR) is 97.0 cm³/mol. The molecule has 0 aliphatic rings. The van der Waals surface area contributed by atoms with Crippen LogP contribution in [0.25, 0.3) is 0 Å². The van der Waals surface area contributed by atoms with Crippen LogP contribution in [0.2, 0.25) is 0 Å². The second-order valence-electron chi connectivity index (χ2n) is 9.88. The number of rotatable bonds is 11. The van der Waals surface area contributed by atoms with E-state index in [1.165, 1.54) is 0 Å². The SMILES string of the molecule is C[N+](C)(C)CCCCCC(=O)OC(C[N+](C)(C)C)C[N+](C)(C)C.[Cl-].[Cl-].[Cl-]. The standard InChI is InChI=1S/C18H42N3O2.3ClH/c1-19(2,3)14-12-10-11-13-18(22)23-17(15-20(4,5)6)16-21(7,8)9;;;/h17H,10-16H2,1-9H3;3*1H/q+3;;;/p-3. The van der Waals surface area contributed by atoms with Gasteiger partial charge in [0.1, 0.15) is 13.1 Å². The van der Waals surface area contributed by atoms with Crippen LogP contribution in [0, 0.1) is 0 Å². The van der Waals surface area contributed by atoms with Crippen molar-refractivity contribution in [2.45, 2.75) is 31.8 Å². The molecular formula is C18H42Cl3N3O2. The summed E-state index contributed by atoms with van der Waals surface area (Å²) in [4.78, 5) is 12.1. The smallest absolute Gasteiger partial charge is 0.306 e. The molecule has 0 fully saturated rings. The molecule has 0 heterocycles. The minimum Gasteiger partial charge on any atom is -1.00 e. The zero-order valence-electron chi connectivity index (χ0n) is 18.3. The zero-order valence-corrected chi connectivity index (χ0v) is 20.6. The van der Waals surface area contributed by atoms with E-state index in [1.807, 2.05) is 0 Å². The highest BCUT2D eigenvalue weighted by Gasteiger charge is 2.27.